The van der Waals surface area contributed by atoms with Crippen LogP contribution in [0.1, 0.15) is 11.1 Å². The molecule has 0 radical (unpaired) electrons. The normalized spacial score (nSPS) is 10.8. The van der Waals surface area contributed by atoms with Crippen LogP contribution in [0.15, 0.2) is 30.3 Å². The van der Waals surface area contributed by atoms with E-state index < -0.39 is 0 Å². The van der Waals surface area contributed by atoms with E-state index in [1.54, 1.807) is 6.08 Å². The van der Waals surface area contributed by atoms with E-state index in [0.717, 1.165) is 10.9 Å². The molecule has 0 aromatic heterocycles. The maximum atomic E-state index is 8.59. The fourth-order valence-corrected chi connectivity index (χ4v) is 1.51. The molecule has 1 rings (SSSR count). The number of aliphatic hydroxyl groups is 1. The maximum Gasteiger partial charge on any atom is 0.0615 e. The minimum absolute atomic E-state index is 0.0939. The monoisotopic (exact) mass is 226 g/mol. The molecule has 0 unspecified atom stereocenters. The highest BCUT2D eigenvalue weighted by molar-refractivity contribution is 9.08. The van der Waals surface area contributed by atoms with Crippen LogP contribution in [0.3, 0.4) is 0 Å². The Kier molecular flexibility index (Phi) is 4.05. The van der Waals surface area contributed by atoms with Crippen LogP contribution in [0.25, 0.3) is 6.08 Å². The van der Waals surface area contributed by atoms with E-state index in [-0.39, 0.29) is 6.61 Å². The summed E-state index contributed by atoms with van der Waals surface area (Å²) in [5.74, 6) is 0. The summed E-state index contributed by atoms with van der Waals surface area (Å²) in [7, 11) is 0. The van der Waals surface area contributed by atoms with E-state index in [1.165, 1.54) is 5.56 Å². The topological polar surface area (TPSA) is 20.2 Å². The molecule has 0 aliphatic heterocycles. The van der Waals surface area contributed by atoms with Crippen LogP contribution in [-0.2, 0) is 5.33 Å². The van der Waals surface area contributed by atoms with Crippen molar-refractivity contribution in [1.29, 1.82) is 0 Å². The van der Waals surface area contributed by atoms with Crippen molar-refractivity contribution < 1.29 is 5.11 Å². The first kappa shape index (κ1) is 9.49. The summed E-state index contributed by atoms with van der Waals surface area (Å²) in [6.07, 6.45) is 3.66. The van der Waals surface area contributed by atoms with Gasteiger partial charge in [-0.25, -0.2) is 0 Å². The molecule has 1 nitrogen and oxygen atoms in total. The highest BCUT2D eigenvalue weighted by Crippen LogP contribution is 2.13. The van der Waals surface area contributed by atoms with E-state index >= 15 is 0 Å². The fourth-order valence-electron chi connectivity index (χ4n) is 0.998. The van der Waals surface area contributed by atoms with Gasteiger partial charge in [-0.2, -0.15) is 0 Å². The lowest BCUT2D eigenvalue weighted by molar-refractivity contribution is 0.343. The second-order valence-electron chi connectivity index (χ2n) is 2.42. The third-order valence-electron chi connectivity index (χ3n) is 1.60. The van der Waals surface area contributed by atoms with Gasteiger partial charge in [-0.1, -0.05) is 52.3 Å². The SMILES string of the molecule is OCC=Cc1ccccc1CBr. The van der Waals surface area contributed by atoms with Crippen molar-refractivity contribution in [2.24, 2.45) is 0 Å². The van der Waals surface area contributed by atoms with Crippen LogP contribution in [0.2, 0.25) is 0 Å². The number of hydrogen-bond acceptors (Lipinski definition) is 1. The molecule has 64 valence electrons. The lowest BCUT2D eigenvalue weighted by Gasteiger charge is -2.00. The summed E-state index contributed by atoms with van der Waals surface area (Å²) >= 11 is 3.40. The average molecular weight is 227 g/mol. The number of alkyl halides is 1. The number of benzene rings is 1. The van der Waals surface area contributed by atoms with Crippen molar-refractivity contribution in [2.45, 2.75) is 5.33 Å². The summed E-state index contributed by atoms with van der Waals surface area (Å²) in [4.78, 5) is 0. The van der Waals surface area contributed by atoms with Crippen molar-refractivity contribution in [3.63, 3.8) is 0 Å². The number of hydrogen-bond donors (Lipinski definition) is 1. The van der Waals surface area contributed by atoms with Gasteiger partial charge in [0, 0.05) is 5.33 Å². The molecule has 0 spiro atoms. The van der Waals surface area contributed by atoms with Gasteiger partial charge in [-0.3, -0.25) is 0 Å². The van der Waals surface area contributed by atoms with Gasteiger partial charge in [0.2, 0.25) is 0 Å². The quantitative estimate of drug-likeness (QED) is 0.787. The fraction of sp³-hybridized carbons (Fsp3) is 0.200. The maximum absolute atomic E-state index is 8.59. The highest BCUT2D eigenvalue weighted by Gasteiger charge is 1.94. The molecule has 0 aliphatic rings. The van der Waals surface area contributed by atoms with Crippen LogP contribution in [0.4, 0.5) is 0 Å². The van der Waals surface area contributed by atoms with Crippen LogP contribution < -0.4 is 0 Å². The number of halogens is 1. The van der Waals surface area contributed by atoms with Crippen LogP contribution in [0.5, 0.6) is 0 Å². The summed E-state index contributed by atoms with van der Waals surface area (Å²) in [6.45, 7) is 0.0939. The van der Waals surface area contributed by atoms with E-state index in [9.17, 15) is 0 Å². The standard InChI is InChI=1S/C10H11BrO/c11-8-10-5-2-1-4-9(10)6-3-7-12/h1-6,12H,7-8H2. The lowest BCUT2D eigenvalue weighted by Crippen LogP contribution is -1.83. The van der Waals surface area contributed by atoms with Gasteiger partial charge in [0.1, 0.15) is 0 Å². The Morgan fingerprint density at radius 1 is 1.33 bits per heavy atom. The summed E-state index contributed by atoms with van der Waals surface area (Å²) in [6, 6.07) is 8.09. The van der Waals surface area contributed by atoms with E-state index in [4.69, 9.17) is 5.11 Å². The molecule has 0 fully saturated rings. The van der Waals surface area contributed by atoms with Crippen LogP contribution >= 0.6 is 15.9 Å². The van der Waals surface area contributed by atoms with Gasteiger partial charge in [0.05, 0.1) is 6.61 Å². The smallest absolute Gasteiger partial charge is 0.0615 e. The van der Waals surface area contributed by atoms with Gasteiger partial charge in [0.25, 0.3) is 0 Å². The molecular formula is C10H11BrO. The van der Waals surface area contributed by atoms with E-state index in [2.05, 4.69) is 22.0 Å². The summed E-state index contributed by atoms with van der Waals surface area (Å²) in [5, 5.41) is 9.44. The van der Waals surface area contributed by atoms with Gasteiger partial charge in [0.15, 0.2) is 0 Å². The molecule has 1 aromatic rings. The molecule has 1 aromatic carbocycles. The second kappa shape index (κ2) is 5.12. The Balaban J connectivity index is 2.89. The van der Waals surface area contributed by atoms with Crippen molar-refractivity contribution in [1.82, 2.24) is 0 Å². The summed E-state index contributed by atoms with van der Waals surface area (Å²) in [5.41, 5.74) is 2.39. The van der Waals surface area contributed by atoms with Gasteiger partial charge in [-0.05, 0) is 11.1 Å². The van der Waals surface area contributed by atoms with Gasteiger partial charge >= 0.3 is 0 Å². The molecule has 1 N–H and O–H groups in total. The first-order chi connectivity index (χ1) is 5.88. The van der Waals surface area contributed by atoms with Gasteiger partial charge < -0.3 is 5.11 Å². The number of rotatable bonds is 3. The average Bonchev–Trinajstić information content (AvgIpc) is 2.15. The van der Waals surface area contributed by atoms with E-state index in [1.807, 2.05) is 24.3 Å². The van der Waals surface area contributed by atoms with Crippen molar-refractivity contribution >= 4 is 22.0 Å². The van der Waals surface area contributed by atoms with Gasteiger partial charge in [-0.15, -0.1) is 0 Å². The third-order valence-corrected chi connectivity index (χ3v) is 2.21. The Morgan fingerprint density at radius 3 is 2.75 bits per heavy atom. The van der Waals surface area contributed by atoms with Crippen molar-refractivity contribution in [3.8, 4) is 0 Å². The molecule has 0 heterocycles. The molecule has 0 aliphatic carbocycles. The first-order valence-electron chi connectivity index (χ1n) is 3.79. The Morgan fingerprint density at radius 2 is 2.08 bits per heavy atom. The molecule has 0 bridgehead atoms. The van der Waals surface area contributed by atoms with Crippen molar-refractivity contribution in [2.75, 3.05) is 6.61 Å². The minimum Gasteiger partial charge on any atom is -0.392 e. The zero-order valence-electron chi connectivity index (χ0n) is 6.70. The Bertz CT molecular complexity index is 268. The predicted molar refractivity (Wildman–Crippen MR) is 55.2 cm³/mol. The molecule has 0 atom stereocenters. The number of aliphatic hydroxyl groups excluding tert-OH is 1. The summed E-state index contributed by atoms with van der Waals surface area (Å²) < 4.78 is 0. The van der Waals surface area contributed by atoms with E-state index in [0.29, 0.717) is 0 Å². The zero-order chi connectivity index (χ0) is 8.81. The molecule has 12 heavy (non-hydrogen) atoms. The van der Waals surface area contributed by atoms with Crippen LogP contribution in [-0.4, -0.2) is 11.7 Å². The van der Waals surface area contributed by atoms with Crippen molar-refractivity contribution in [3.05, 3.63) is 41.5 Å². The largest absolute Gasteiger partial charge is 0.392 e. The first-order valence-corrected chi connectivity index (χ1v) is 4.92. The Hall–Kier alpha value is -0.600. The predicted octanol–water partition coefficient (Wildman–Crippen LogP) is 2.59. The zero-order valence-corrected chi connectivity index (χ0v) is 8.29. The third kappa shape index (κ3) is 2.47. The molecule has 0 saturated heterocycles. The Labute approximate surface area is 80.9 Å². The van der Waals surface area contributed by atoms with Crippen LogP contribution in [0, 0.1) is 0 Å². The lowest BCUT2D eigenvalue weighted by atomic mass is 10.1. The molecule has 0 saturated carbocycles. The molecular weight excluding hydrogens is 216 g/mol. The minimum atomic E-state index is 0.0939. The molecule has 0 amide bonds. The second-order valence-corrected chi connectivity index (χ2v) is 2.98. The molecule has 2 heteroatoms. The highest BCUT2D eigenvalue weighted by atomic mass is 79.9.